The summed E-state index contributed by atoms with van der Waals surface area (Å²) in [5.74, 6) is 0.0698. The third kappa shape index (κ3) is 6.21. The Morgan fingerprint density at radius 2 is 1.97 bits per heavy atom. The highest BCUT2D eigenvalue weighted by Crippen LogP contribution is 2.31. The number of guanidine groups is 1. The molecule has 0 aliphatic heterocycles. The monoisotopic (exact) mass is 430 g/mol. The van der Waals surface area contributed by atoms with Crippen LogP contribution in [0.1, 0.15) is 35.7 Å². The lowest BCUT2D eigenvalue weighted by atomic mass is 9.91. The normalized spacial score (nSPS) is 11.9. The number of rotatable bonds is 9. The van der Waals surface area contributed by atoms with Crippen molar-refractivity contribution in [1.82, 2.24) is 19.9 Å². The summed E-state index contributed by atoms with van der Waals surface area (Å²) in [6.07, 6.45) is 7.74. The van der Waals surface area contributed by atoms with E-state index in [4.69, 9.17) is 34.3 Å². The van der Waals surface area contributed by atoms with Crippen LogP contribution in [-0.4, -0.2) is 38.9 Å². The number of nitrogens with two attached hydrogens (primary N) is 1. The Balaban J connectivity index is 1.71. The summed E-state index contributed by atoms with van der Waals surface area (Å²) < 4.78 is 0. The van der Waals surface area contributed by atoms with Crippen molar-refractivity contribution in [2.75, 3.05) is 13.1 Å². The number of aryl methyl sites for hydroxylation is 1. The Morgan fingerprint density at radius 3 is 2.59 bits per heavy atom. The van der Waals surface area contributed by atoms with E-state index in [0.29, 0.717) is 23.1 Å². The van der Waals surface area contributed by atoms with Crippen LogP contribution in [0, 0.1) is 5.41 Å². The molecule has 0 aliphatic rings. The standard InChI is InChI=1S/C21H24Cl2N6/c22-16-10-15(11-17(23)12-16)19(20-5-1-2-7-27-20)6-9-29(21(24)25)8-3-4-18-13-26-14-28-18/h1-2,5,7,10-14,19H,3-4,6,8-9H2,(H3,24,25)(H,26,28). The van der Waals surface area contributed by atoms with Crippen LogP contribution >= 0.6 is 23.2 Å². The van der Waals surface area contributed by atoms with Gasteiger partial charge in [-0.2, -0.15) is 0 Å². The van der Waals surface area contributed by atoms with Gasteiger partial charge in [-0.25, -0.2) is 4.98 Å². The zero-order valence-electron chi connectivity index (χ0n) is 16.0. The Labute approximate surface area is 180 Å². The number of hydrogen-bond acceptors (Lipinski definition) is 3. The Hall–Kier alpha value is -2.57. The van der Waals surface area contributed by atoms with E-state index in [0.717, 1.165) is 36.2 Å². The fourth-order valence-corrected chi connectivity index (χ4v) is 3.91. The number of aromatic amines is 1. The predicted octanol–water partition coefficient (Wildman–Crippen LogP) is 4.46. The van der Waals surface area contributed by atoms with Crippen LogP contribution in [-0.2, 0) is 6.42 Å². The Kier molecular flexibility index (Phi) is 7.49. The first kappa shape index (κ1) is 21.1. The van der Waals surface area contributed by atoms with E-state index in [1.807, 2.05) is 41.4 Å². The van der Waals surface area contributed by atoms with Crippen molar-refractivity contribution in [2.24, 2.45) is 5.73 Å². The molecule has 0 radical (unpaired) electrons. The molecule has 2 heterocycles. The van der Waals surface area contributed by atoms with E-state index in [1.54, 1.807) is 18.6 Å². The van der Waals surface area contributed by atoms with Gasteiger partial charge in [0, 0.05) is 52.8 Å². The fraction of sp³-hybridized carbons (Fsp3) is 0.286. The maximum absolute atomic E-state index is 7.95. The third-order valence-corrected chi connectivity index (χ3v) is 5.23. The van der Waals surface area contributed by atoms with Gasteiger partial charge in [0.1, 0.15) is 0 Å². The molecule has 0 saturated carbocycles. The molecule has 8 heteroatoms. The second kappa shape index (κ2) is 10.3. The van der Waals surface area contributed by atoms with Crippen LogP contribution in [0.25, 0.3) is 0 Å². The molecule has 29 heavy (non-hydrogen) atoms. The zero-order chi connectivity index (χ0) is 20.6. The van der Waals surface area contributed by atoms with Crippen molar-refractivity contribution in [1.29, 1.82) is 5.41 Å². The lowest BCUT2D eigenvalue weighted by molar-refractivity contribution is 0.386. The lowest BCUT2D eigenvalue weighted by Gasteiger charge is -2.26. The number of hydrogen-bond donors (Lipinski definition) is 3. The van der Waals surface area contributed by atoms with E-state index in [9.17, 15) is 0 Å². The molecule has 4 N–H and O–H groups in total. The first-order valence-corrected chi connectivity index (χ1v) is 10.2. The topological polar surface area (TPSA) is 94.7 Å². The van der Waals surface area contributed by atoms with Crippen molar-refractivity contribution in [3.63, 3.8) is 0 Å². The molecular weight excluding hydrogens is 407 g/mol. The highest BCUT2D eigenvalue weighted by Gasteiger charge is 2.19. The first-order valence-electron chi connectivity index (χ1n) is 9.46. The Morgan fingerprint density at radius 1 is 1.17 bits per heavy atom. The molecule has 6 nitrogen and oxygen atoms in total. The van der Waals surface area contributed by atoms with E-state index >= 15 is 0 Å². The first-order chi connectivity index (χ1) is 14.0. The lowest BCUT2D eigenvalue weighted by Crippen LogP contribution is -2.38. The van der Waals surface area contributed by atoms with Gasteiger partial charge >= 0.3 is 0 Å². The zero-order valence-corrected chi connectivity index (χ0v) is 17.5. The van der Waals surface area contributed by atoms with Crippen LogP contribution in [0.15, 0.2) is 55.1 Å². The molecule has 0 fully saturated rings. The minimum absolute atomic E-state index is 0.00172. The van der Waals surface area contributed by atoms with Gasteiger partial charge in [0.05, 0.1) is 6.33 Å². The summed E-state index contributed by atoms with van der Waals surface area (Å²) in [7, 11) is 0. The van der Waals surface area contributed by atoms with Gasteiger partial charge in [-0.1, -0.05) is 29.3 Å². The van der Waals surface area contributed by atoms with Crippen molar-refractivity contribution in [3.05, 3.63) is 82.1 Å². The minimum Gasteiger partial charge on any atom is -0.370 e. The fourth-order valence-electron chi connectivity index (χ4n) is 3.36. The van der Waals surface area contributed by atoms with E-state index in [1.165, 1.54) is 0 Å². The van der Waals surface area contributed by atoms with E-state index in [2.05, 4.69) is 15.0 Å². The average molecular weight is 431 g/mol. The molecule has 152 valence electrons. The Bertz CT molecular complexity index is 894. The van der Waals surface area contributed by atoms with Gasteiger partial charge in [-0.05, 0) is 55.2 Å². The average Bonchev–Trinajstić information content (AvgIpc) is 3.20. The summed E-state index contributed by atoms with van der Waals surface area (Å²) in [5, 5.41) is 9.14. The van der Waals surface area contributed by atoms with E-state index in [-0.39, 0.29) is 11.9 Å². The van der Waals surface area contributed by atoms with Gasteiger partial charge in [-0.3, -0.25) is 10.4 Å². The number of pyridine rings is 1. The number of imidazole rings is 1. The number of nitrogens with one attached hydrogen (secondary N) is 2. The van der Waals surface area contributed by atoms with Crippen molar-refractivity contribution in [2.45, 2.75) is 25.2 Å². The molecule has 1 unspecified atom stereocenters. The van der Waals surface area contributed by atoms with Crippen LogP contribution in [0.3, 0.4) is 0 Å². The second-order valence-electron chi connectivity index (χ2n) is 6.85. The SMILES string of the molecule is N=C(N)N(CCCc1cnc[nH]1)CCC(c1cc(Cl)cc(Cl)c1)c1ccccn1. The van der Waals surface area contributed by atoms with E-state index < -0.39 is 0 Å². The number of H-pyrrole nitrogens is 1. The summed E-state index contributed by atoms with van der Waals surface area (Å²) in [6.45, 7) is 1.32. The van der Waals surface area contributed by atoms with Gasteiger partial charge in [0.2, 0.25) is 0 Å². The van der Waals surface area contributed by atoms with Crippen LogP contribution in [0.5, 0.6) is 0 Å². The molecular formula is C21H24Cl2N6. The smallest absolute Gasteiger partial charge is 0.188 e. The maximum Gasteiger partial charge on any atom is 0.188 e. The molecule has 0 aliphatic carbocycles. The van der Waals surface area contributed by atoms with Gasteiger partial charge < -0.3 is 15.6 Å². The number of nitrogens with zero attached hydrogens (tertiary/aromatic N) is 3. The summed E-state index contributed by atoms with van der Waals surface area (Å²) >= 11 is 12.5. The molecule has 1 atom stereocenters. The van der Waals surface area contributed by atoms with Gasteiger partial charge in [-0.15, -0.1) is 0 Å². The summed E-state index contributed by atoms with van der Waals surface area (Å²) in [6, 6.07) is 11.4. The van der Waals surface area contributed by atoms with Crippen LogP contribution in [0.4, 0.5) is 0 Å². The van der Waals surface area contributed by atoms with Crippen molar-refractivity contribution < 1.29 is 0 Å². The molecule has 0 amide bonds. The molecule has 3 aromatic rings. The maximum atomic E-state index is 7.95. The third-order valence-electron chi connectivity index (χ3n) is 4.79. The quantitative estimate of drug-likeness (QED) is 0.344. The van der Waals surface area contributed by atoms with Crippen LogP contribution in [0.2, 0.25) is 10.0 Å². The molecule has 0 spiro atoms. The minimum atomic E-state index is 0.00172. The van der Waals surface area contributed by atoms with Gasteiger partial charge in [0.25, 0.3) is 0 Å². The van der Waals surface area contributed by atoms with Crippen molar-refractivity contribution >= 4 is 29.2 Å². The largest absolute Gasteiger partial charge is 0.370 e. The predicted molar refractivity (Wildman–Crippen MR) is 118 cm³/mol. The summed E-state index contributed by atoms with van der Waals surface area (Å²) in [5.41, 5.74) is 8.86. The summed E-state index contributed by atoms with van der Waals surface area (Å²) in [4.78, 5) is 13.5. The second-order valence-corrected chi connectivity index (χ2v) is 7.72. The number of halogens is 2. The van der Waals surface area contributed by atoms with Crippen LogP contribution < -0.4 is 5.73 Å². The number of aromatic nitrogens is 3. The molecule has 3 rings (SSSR count). The van der Waals surface area contributed by atoms with Crippen molar-refractivity contribution in [3.8, 4) is 0 Å². The highest BCUT2D eigenvalue weighted by atomic mass is 35.5. The number of benzene rings is 1. The highest BCUT2D eigenvalue weighted by molar-refractivity contribution is 6.34. The molecule has 1 aromatic carbocycles. The molecule has 2 aromatic heterocycles. The molecule has 0 saturated heterocycles. The van der Waals surface area contributed by atoms with Gasteiger partial charge in [0.15, 0.2) is 5.96 Å². The molecule has 0 bridgehead atoms.